The van der Waals surface area contributed by atoms with Crippen LogP contribution in [0.1, 0.15) is 55.0 Å². The number of carboxylic acids is 1. The fourth-order valence-corrected chi connectivity index (χ4v) is 3.78. The van der Waals surface area contributed by atoms with Gasteiger partial charge >= 0.3 is 5.97 Å². The van der Waals surface area contributed by atoms with E-state index in [2.05, 4.69) is 24.1 Å². The first-order chi connectivity index (χ1) is 10.5. The van der Waals surface area contributed by atoms with Crippen molar-refractivity contribution in [2.75, 3.05) is 6.54 Å². The third kappa shape index (κ3) is 4.53. The van der Waals surface area contributed by atoms with Gasteiger partial charge in [0.25, 0.3) is 0 Å². The van der Waals surface area contributed by atoms with Crippen molar-refractivity contribution in [3.63, 3.8) is 0 Å². The Labute approximate surface area is 135 Å². The van der Waals surface area contributed by atoms with Gasteiger partial charge in [-0.05, 0) is 37.5 Å². The van der Waals surface area contributed by atoms with E-state index in [1.165, 1.54) is 16.7 Å². The normalized spacial score (nSPS) is 21.8. The molecule has 1 aromatic rings. The van der Waals surface area contributed by atoms with Gasteiger partial charge < -0.3 is 10.4 Å². The zero-order chi connectivity index (χ0) is 16.1. The van der Waals surface area contributed by atoms with E-state index < -0.39 is 5.97 Å². The number of rotatable bonds is 6. The SMILES string of the molecule is CC(C)C1CCC(C(=O)NCCc2nc(C(=O)O)cs2)CC1. The van der Waals surface area contributed by atoms with Gasteiger partial charge in [-0.2, -0.15) is 0 Å². The Kier molecular flexibility index (Phi) is 5.94. The molecule has 6 heteroatoms. The van der Waals surface area contributed by atoms with Crippen molar-refractivity contribution < 1.29 is 14.7 Å². The Bertz CT molecular complexity index is 519. The van der Waals surface area contributed by atoms with Gasteiger partial charge in [0.2, 0.25) is 5.91 Å². The van der Waals surface area contributed by atoms with Crippen molar-refractivity contribution in [1.82, 2.24) is 10.3 Å². The number of aromatic carboxylic acids is 1. The lowest BCUT2D eigenvalue weighted by Crippen LogP contribution is -2.35. The average Bonchev–Trinajstić information content (AvgIpc) is 2.96. The second-order valence-corrected chi connectivity index (χ2v) is 7.27. The Morgan fingerprint density at radius 1 is 1.36 bits per heavy atom. The molecule has 1 saturated carbocycles. The van der Waals surface area contributed by atoms with E-state index in [9.17, 15) is 9.59 Å². The lowest BCUT2D eigenvalue weighted by molar-refractivity contribution is -0.126. The zero-order valence-electron chi connectivity index (χ0n) is 13.2. The molecule has 5 nitrogen and oxygen atoms in total. The van der Waals surface area contributed by atoms with Crippen LogP contribution >= 0.6 is 11.3 Å². The lowest BCUT2D eigenvalue weighted by Gasteiger charge is -2.30. The summed E-state index contributed by atoms with van der Waals surface area (Å²) in [6.45, 7) is 5.03. The van der Waals surface area contributed by atoms with E-state index in [0.29, 0.717) is 18.9 Å². The van der Waals surface area contributed by atoms with Crippen molar-refractivity contribution in [3.05, 3.63) is 16.1 Å². The highest BCUT2D eigenvalue weighted by atomic mass is 32.1. The maximum atomic E-state index is 12.2. The topological polar surface area (TPSA) is 79.3 Å². The summed E-state index contributed by atoms with van der Waals surface area (Å²) in [7, 11) is 0. The molecule has 0 bridgehead atoms. The van der Waals surface area contributed by atoms with E-state index >= 15 is 0 Å². The number of thiazole rings is 1. The highest BCUT2D eigenvalue weighted by molar-refractivity contribution is 7.09. The minimum absolute atomic E-state index is 0.0818. The molecule has 2 N–H and O–H groups in total. The van der Waals surface area contributed by atoms with Gasteiger partial charge in [0.05, 0.1) is 5.01 Å². The van der Waals surface area contributed by atoms with Crippen LogP contribution in [0.2, 0.25) is 0 Å². The van der Waals surface area contributed by atoms with Crippen LogP contribution in [0.3, 0.4) is 0 Å². The molecule has 0 radical (unpaired) electrons. The number of carbonyl (C=O) groups excluding carboxylic acids is 1. The van der Waals surface area contributed by atoms with E-state index in [-0.39, 0.29) is 17.5 Å². The highest BCUT2D eigenvalue weighted by Crippen LogP contribution is 2.33. The Balaban J connectivity index is 1.70. The number of carboxylic acid groups (broad SMARTS) is 1. The molecule has 22 heavy (non-hydrogen) atoms. The second-order valence-electron chi connectivity index (χ2n) is 6.33. The van der Waals surface area contributed by atoms with Crippen LogP contribution in [0.15, 0.2) is 5.38 Å². The standard InChI is InChI=1S/C16H24N2O3S/c1-10(2)11-3-5-12(6-4-11)15(19)17-8-7-14-18-13(9-22-14)16(20)21/h9-12H,3-8H2,1-2H3,(H,17,19)(H,20,21). The lowest BCUT2D eigenvalue weighted by atomic mass is 9.77. The number of aromatic nitrogens is 1. The maximum absolute atomic E-state index is 12.2. The van der Waals surface area contributed by atoms with Crippen LogP contribution in [0, 0.1) is 17.8 Å². The number of carbonyl (C=O) groups is 2. The first-order valence-electron chi connectivity index (χ1n) is 7.92. The first kappa shape index (κ1) is 16.9. The van der Waals surface area contributed by atoms with Crippen LogP contribution in [0.5, 0.6) is 0 Å². The summed E-state index contributed by atoms with van der Waals surface area (Å²) < 4.78 is 0. The van der Waals surface area contributed by atoms with Crippen LogP contribution in [-0.2, 0) is 11.2 Å². The summed E-state index contributed by atoms with van der Waals surface area (Å²) in [5.41, 5.74) is 0.0818. The van der Waals surface area contributed by atoms with Gasteiger partial charge in [-0.1, -0.05) is 13.8 Å². The van der Waals surface area contributed by atoms with E-state index in [0.717, 1.165) is 36.6 Å². The molecule has 0 aliphatic heterocycles. The first-order valence-corrected chi connectivity index (χ1v) is 8.80. The van der Waals surface area contributed by atoms with Crippen molar-refractivity contribution in [2.45, 2.75) is 46.0 Å². The quantitative estimate of drug-likeness (QED) is 0.843. The number of nitrogens with one attached hydrogen (secondary N) is 1. The Morgan fingerprint density at radius 3 is 2.59 bits per heavy atom. The van der Waals surface area contributed by atoms with Crippen LogP contribution in [0.25, 0.3) is 0 Å². The fourth-order valence-electron chi connectivity index (χ4n) is 3.01. The van der Waals surface area contributed by atoms with Crippen LogP contribution in [0.4, 0.5) is 0 Å². The van der Waals surface area contributed by atoms with Crippen LogP contribution in [-0.4, -0.2) is 28.5 Å². The van der Waals surface area contributed by atoms with Gasteiger partial charge in [-0.3, -0.25) is 4.79 Å². The molecule has 1 fully saturated rings. The molecule has 122 valence electrons. The molecule has 1 amide bonds. The largest absolute Gasteiger partial charge is 0.476 e. The van der Waals surface area contributed by atoms with Crippen molar-refractivity contribution in [1.29, 1.82) is 0 Å². The molecule has 2 rings (SSSR count). The molecular weight excluding hydrogens is 300 g/mol. The number of hydrogen-bond acceptors (Lipinski definition) is 4. The maximum Gasteiger partial charge on any atom is 0.355 e. The molecule has 0 unspecified atom stereocenters. The summed E-state index contributed by atoms with van der Waals surface area (Å²) in [4.78, 5) is 26.9. The van der Waals surface area contributed by atoms with E-state index in [1.54, 1.807) is 0 Å². The number of nitrogens with zero attached hydrogens (tertiary/aromatic N) is 1. The molecule has 0 spiro atoms. The molecule has 0 saturated heterocycles. The molecule has 1 aliphatic carbocycles. The third-order valence-corrected chi connectivity index (χ3v) is 5.40. The minimum Gasteiger partial charge on any atom is -0.476 e. The smallest absolute Gasteiger partial charge is 0.355 e. The van der Waals surface area contributed by atoms with Gasteiger partial charge in [0, 0.05) is 24.3 Å². The number of amides is 1. The van der Waals surface area contributed by atoms with Gasteiger partial charge in [0.15, 0.2) is 5.69 Å². The summed E-state index contributed by atoms with van der Waals surface area (Å²) >= 11 is 1.33. The third-order valence-electron chi connectivity index (χ3n) is 4.49. The monoisotopic (exact) mass is 324 g/mol. The van der Waals surface area contributed by atoms with Crippen molar-refractivity contribution >= 4 is 23.2 Å². The predicted molar refractivity (Wildman–Crippen MR) is 86.1 cm³/mol. The molecule has 0 aromatic carbocycles. The van der Waals surface area contributed by atoms with Crippen molar-refractivity contribution in [2.24, 2.45) is 17.8 Å². The van der Waals surface area contributed by atoms with E-state index in [4.69, 9.17) is 5.11 Å². The Morgan fingerprint density at radius 2 is 2.05 bits per heavy atom. The molecular formula is C16H24N2O3S. The molecule has 1 aliphatic rings. The molecule has 1 aromatic heterocycles. The average molecular weight is 324 g/mol. The zero-order valence-corrected chi connectivity index (χ0v) is 14.0. The van der Waals surface area contributed by atoms with E-state index in [1.807, 2.05) is 0 Å². The molecule has 0 atom stereocenters. The molecule has 1 heterocycles. The van der Waals surface area contributed by atoms with Gasteiger partial charge in [0.1, 0.15) is 0 Å². The summed E-state index contributed by atoms with van der Waals surface area (Å²) in [5.74, 6) is 0.734. The number of hydrogen-bond donors (Lipinski definition) is 2. The summed E-state index contributed by atoms with van der Waals surface area (Å²) in [5, 5.41) is 14.1. The predicted octanol–water partition coefficient (Wildman–Crippen LogP) is 2.96. The van der Waals surface area contributed by atoms with Crippen LogP contribution < -0.4 is 5.32 Å². The second kappa shape index (κ2) is 7.72. The fraction of sp³-hybridized carbons (Fsp3) is 0.688. The highest BCUT2D eigenvalue weighted by Gasteiger charge is 2.27. The summed E-state index contributed by atoms with van der Waals surface area (Å²) in [6.07, 6.45) is 4.84. The van der Waals surface area contributed by atoms with Gasteiger partial charge in [-0.25, -0.2) is 9.78 Å². The van der Waals surface area contributed by atoms with Gasteiger partial charge in [-0.15, -0.1) is 11.3 Å². The Hall–Kier alpha value is -1.43. The summed E-state index contributed by atoms with van der Waals surface area (Å²) in [6, 6.07) is 0. The minimum atomic E-state index is -1.01. The van der Waals surface area contributed by atoms with Crippen molar-refractivity contribution in [3.8, 4) is 0 Å².